The standard InChI is InChI=1S/C27H39NO5S/c1-9-27(10-2,22-14-17(4)23(34-22)24(30)28-18(5)25(31)32)19-11-12-20(16(3)13-19)33-15-21(29)26(6,7)8/h11-14,18,21,29H,9-10,15H2,1-8H3,(H,28,30)(H,31,32)/t18-,21?/m0/s1. The first-order valence-electron chi connectivity index (χ1n) is 11.8. The molecule has 6 nitrogen and oxygen atoms in total. The summed E-state index contributed by atoms with van der Waals surface area (Å²) in [5.41, 5.74) is 2.45. The minimum Gasteiger partial charge on any atom is -0.491 e. The minimum absolute atomic E-state index is 0.230. The van der Waals surface area contributed by atoms with E-state index in [0.717, 1.165) is 40.2 Å². The van der Waals surface area contributed by atoms with E-state index in [0.29, 0.717) is 4.88 Å². The van der Waals surface area contributed by atoms with E-state index in [4.69, 9.17) is 9.84 Å². The van der Waals surface area contributed by atoms with Gasteiger partial charge in [0.15, 0.2) is 0 Å². The van der Waals surface area contributed by atoms with Crippen molar-refractivity contribution in [3.63, 3.8) is 0 Å². The molecule has 0 radical (unpaired) electrons. The zero-order chi connectivity index (χ0) is 25.8. The Morgan fingerprint density at radius 3 is 2.21 bits per heavy atom. The lowest BCUT2D eigenvalue weighted by Gasteiger charge is -2.32. The van der Waals surface area contributed by atoms with Gasteiger partial charge in [-0.3, -0.25) is 9.59 Å². The second-order valence-corrected chi connectivity index (χ2v) is 11.2. The van der Waals surface area contributed by atoms with Crippen LogP contribution < -0.4 is 10.1 Å². The van der Waals surface area contributed by atoms with Crippen molar-refractivity contribution in [2.75, 3.05) is 6.61 Å². The van der Waals surface area contributed by atoms with Crippen LogP contribution in [0.2, 0.25) is 0 Å². The number of carbonyl (C=O) groups excluding carboxylic acids is 1. The molecule has 0 saturated carbocycles. The molecule has 1 unspecified atom stereocenters. The predicted molar refractivity (Wildman–Crippen MR) is 137 cm³/mol. The summed E-state index contributed by atoms with van der Waals surface area (Å²) in [6.07, 6.45) is 1.12. The largest absolute Gasteiger partial charge is 0.491 e. The van der Waals surface area contributed by atoms with Gasteiger partial charge in [-0.05, 0) is 67.9 Å². The Labute approximate surface area is 207 Å². The van der Waals surface area contributed by atoms with Crippen molar-refractivity contribution >= 4 is 23.2 Å². The molecule has 34 heavy (non-hydrogen) atoms. The molecular weight excluding hydrogens is 450 g/mol. The van der Waals surface area contributed by atoms with Gasteiger partial charge in [-0.25, -0.2) is 0 Å². The Bertz CT molecular complexity index is 1020. The third-order valence-electron chi connectivity index (χ3n) is 6.64. The third-order valence-corrected chi connectivity index (χ3v) is 8.08. The number of nitrogens with one attached hydrogen (secondary N) is 1. The number of hydrogen-bond donors (Lipinski definition) is 3. The highest BCUT2D eigenvalue weighted by atomic mass is 32.1. The van der Waals surface area contributed by atoms with Gasteiger partial charge in [0, 0.05) is 10.3 Å². The van der Waals surface area contributed by atoms with Gasteiger partial charge in [0.25, 0.3) is 5.91 Å². The average Bonchev–Trinajstić information content (AvgIpc) is 3.15. The minimum atomic E-state index is -1.06. The summed E-state index contributed by atoms with van der Waals surface area (Å²) in [5.74, 6) is -0.674. The van der Waals surface area contributed by atoms with Crippen LogP contribution >= 0.6 is 11.3 Å². The predicted octanol–water partition coefficient (Wildman–Crippen LogP) is 5.46. The number of ether oxygens (including phenoxy) is 1. The summed E-state index contributed by atoms with van der Waals surface area (Å²) < 4.78 is 5.93. The summed E-state index contributed by atoms with van der Waals surface area (Å²) in [6, 6.07) is 7.26. The molecule has 0 spiro atoms. The van der Waals surface area contributed by atoms with Crippen LogP contribution in [0.5, 0.6) is 5.75 Å². The van der Waals surface area contributed by atoms with Gasteiger partial charge < -0.3 is 20.3 Å². The Morgan fingerprint density at radius 2 is 1.71 bits per heavy atom. The number of aliphatic carboxylic acids is 1. The SMILES string of the molecule is CCC(CC)(c1ccc(OCC(O)C(C)(C)C)c(C)c1)c1cc(C)c(C(=O)N[C@@H](C)C(=O)O)s1. The number of aliphatic hydroxyl groups excluding tert-OH is 1. The molecule has 0 aliphatic rings. The maximum absolute atomic E-state index is 12.7. The van der Waals surface area contributed by atoms with Gasteiger partial charge in [0.2, 0.25) is 0 Å². The smallest absolute Gasteiger partial charge is 0.325 e. The zero-order valence-corrected chi connectivity index (χ0v) is 22.4. The third kappa shape index (κ3) is 5.99. The van der Waals surface area contributed by atoms with E-state index in [-0.39, 0.29) is 23.3 Å². The molecule has 0 aliphatic heterocycles. The van der Waals surface area contributed by atoms with Crippen LogP contribution in [-0.4, -0.2) is 40.8 Å². The number of amides is 1. The van der Waals surface area contributed by atoms with Crippen LogP contribution in [0, 0.1) is 19.3 Å². The Hall–Kier alpha value is -2.38. The molecule has 0 fully saturated rings. The van der Waals surface area contributed by atoms with Crippen molar-refractivity contribution in [2.24, 2.45) is 5.41 Å². The fourth-order valence-electron chi connectivity index (χ4n) is 3.94. The van der Waals surface area contributed by atoms with Gasteiger partial charge in [-0.15, -0.1) is 11.3 Å². The van der Waals surface area contributed by atoms with Gasteiger partial charge in [0.1, 0.15) is 18.4 Å². The number of carboxylic acids is 1. The molecule has 3 N–H and O–H groups in total. The van der Waals surface area contributed by atoms with E-state index in [9.17, 15) is 14.7 Å². The first-order valence-corrected chi connectivity index (χ1v) is 12.6. The number of thiophene rings is 1. The lowest BCUT2D eigenvalue weighted by Crippen LogP contribution is -2.38. The van der Waals surface area contributed by atoms with Crippen LogP contribution in [0.25, 0.3) is 0 Å². The van der Waals surface area contributed by atoms with Crippen molar-refractivity contribution in [3.8, 4) is 5.75 Å². The van der Waals surface area contributed by atoms with E-state index in [1.165, 1.54) is 18.3 Å². The Balaban J connectivity index is 2.37. The normalized spacial score (nSPS) is 13.9. The number of benzene rings is 1. The fraction of sp³-hybridized carbons (Fsp3) is 0.556. The molecule has 1 aromatic heterocycles. The summed E-state index contributed by atoms with van der Waals surface area (Å²) in [5, 5.41) is 22.0. The highest BCUT2D eigenvalue weighted by Gasteiger charge is 2.34. The molecule has 0 bridgehead atoms. The monoisotopic (exact) mass is 489 g/mol. The quantitative estimate of drug-likeness (QED) is 0.412. The average molecular weight is 490 g/mol. The van der Waals surface area contributed by atoms with Crippen LogP contribution in [0.1, 0.15) is 85.6 Å². The van der Waals surface area contributed by atoms with Crippen LogP contribution in [-0.2, 0) is 10.2 Å². The highest BCUT2D eigenvalue weighted by molar-refractivity contribution is 7.14. The molecule has 2 atom stereocenters. The zero-order valence-electron chi connectivity index (χ0n) is 21.6. The number of carboxylic acid groups (broad SMARTS) is 1. The maximum Gasteiger partial charge on any atom is 0.325 e. The molecule has 2 aromatic rings. The lowest BCUT2D eigenvalue weighted by atomic mass is 9.74. The molecule has 1 amide bonds. The molecule has 0 aliphatic carbocycles. The van der Waals surface area contributed by atoms with Gasteiger partial charge >= 0.3 is 5.97 Å². The maximum atomic E-state index is 12.7. The van der Waals surface area contributed by atoms with Gasteiger partial charge in [0.05, 0.1) is 11.0 Å². The van der Waals surface area contributed by atoms with E-state index in [2.05, 4.69) is 37.4 Å². The van der Waals surface area contributed by atoms with Crippen molar-refractivity contribution < 1.29 is 24.5 Å². The Morgan fingerprint density at radius 1 is 1.09 bits per heavy atom. The highest BCUT2D eigenvalue weighted by Crippen LogP contribution is 2.44. The van der Waals surface area contributed by atoms with Crippen LogP contribution in [0.3, 0.4) is 0 Å². The van der Waals surface area contributed by atoms with E-state index < -0.39 is 18.1 Å². The number of aryl methyl sites for hydroxylation is 2. The van der Waals surface area contributed by atoms with Crippen molar-refractivity contribution in [3.05, 3.63) is 50.7 Å². The van der Waals surface area contributed by atoms with Crippen LogP contribution in [0.4, 0.5) is 0 Å². The van der Waals surface area contributed by atoms with Crippen LogP contribution in [0.15, 0.2) is 24.3 Å². The van der Waals surface area contributed by atoms with Crippen molar-refractivity contribution in [1.29, 1.82) is 0 Å². The molecule has 2 rings (SSSR count). The molecular formula is C27H39NO5S. The summed E-state index contributed by atoms with van der Waals surface area (Å²) in [7, 11) is 0. The number of carbonyl (C=O) groups is 2. The fourth-order valence-corrected chi connectivity index (χ4v) is 5.37. The topological polar surface area (TPSA) is 95.9 Å². The number of rotatable bonds is 10. The second-order valence-electron chi connectivity index (χ2n) is 10.1. The van der Waals surface area contributed by atoms with E-state index in [1.54, 1.807) is 0 Å². The number of aliphatic hydroxyl groups is 1. The molecule has 1 heterocycles. The number of hydrogen-bond acceptors (Lipinski definition) is 5. The second kappa shape index (κ2) is 10.9. The van der Waals surface area contributed by atoms with E-state index >= 15 is 0 Å². The molecule has 188 valence electrons. The first-order chi connectivity index (χ1) is 15.8. The Kier molecular flexibility index (Phi) is 8.94. The summed E-state index contributed by atoms with van der Waals surface area (Å²) in [6.45, 7) is 15.8. The molecule has 1 aromatic carbocycles. The molecule has 7 heteroatoms. The van der Waals surface area contributed by atoms with E-state index in [1.807, 2.05) is 40.7 Å². The summed E-state index contributed by atoms with van der Waals surface area (Å²) >= 11 is 1.43. The van der Waals surface area contributed by atoms with Crippen molar-refractivity contribution in [1.82, 2.24) is 5.32 Å². The van der Waals surface area contributed by atoms with Crippen molar-refractivity contribution in [2.45, 2.75) is 85.8 Å². The van der Waals surface area contributed by atoms with Gasteiger partial charge in [-0.1, -0.05) is 46.8 Å². The first kappa shape index (κ1) is 27.9. The summed E-state index contributed by atoms with van der Waals surface area (Å²) in [4.78, 5) is 25.5. The van der Waals surface area contributed by atoms with Gasteiger partial charge in [-0.2, -0.15) is 0 Å². The molecule has 0 saturated heterocycles. The lowest BCUT2D eigenvalue weighted by molar-refractivity contribution is -0.138.